The maximum atomic E-state index is 13.3. The van der Waals surface area contributed by atoms with Crippen molar-refractivity contribution in [3.63, 3.8) is 0 Å². The molecular formula is C26H36N6O5. The van der Waals surface area contributed by atoms with Crippen LogP contribution in [-0.2, 0) is 16.0 Å². The Balaban J connectivity index is 1.70. The third-order valence-corrected chi connectivity index (χ3v) is 6.77. The molecule has 1 aromatic heterocycles. The molecule has 4 atom stereocenters. The van der Waals surface area contributed by atoms with Gasteiger partial charge in [0, 0.05) is 6.54 Å². The standard InChI is InChI=1S/C26H36N6O5/c1-3-15(2)21(32-22(33)18-11-6-9-16-8-4-5-10-17(16)18)24-31-20(14-37-24)23(34)30-19(25(35)36)12-7-13-29-26(27)28/h4-5,8,10,14-15,18-19,21H,3,6-7,9,11-13H2,1-2H3,(H,30,34)(H,32,33)(H,35,36)(H4,27,28,29). The molecule has 11 nitrogen and oxygen atoms in total. The topological polar surface area (TPSA) is 186 Å². The van der Waals surface area contributed by atoms with Crippen LogP contribution < -0.4 is 22.1 Å². The number of guanidine groups is 1. The number of amides is 2. The number of nitrogens with zero attached hydrogens (tertiary/aromatic N) is 2. The fourth-order valence-electron chi connectivity index (χ4n) is 4.49. The molecule has 0 fully saturated rings. The van der Waals surface area contributed by atoms with Crippen molar-refractivity contribution in [1.82, 2.24) is 15.6 Å². The Morgan fingerprint density at radius 1 is 1.24 bits per heavy atom. The van der Waals surface area contributed by atoms with Gasteiger partial charge in [-0.15, -0.1) is 0 Å². The highest BCUT2D eigenvalue weighted by Gasteiger charge is 2.32. The molecule has 3 rings (SSSR count). The van der Waals surface area contributed by atoms with Crippen LogP contribution in [0.2, 0.25) is 0 Å². The molecule has 0 radical (unpaired) electrons. The third kappa shape index (κ3) is 7.31. The molecule has 37 heavy (non-hydrogen) atoms. The lowest BCUT2D eigenvalue weighted by Crippen LogP contribution is -2.41. The Kier molecular flexibility index (Phi) is 9.64. The first-order chi connectivity index (χ1) is 17.7. The lowest BCUT2D eigenvalue weighted by atomic mass is 9.82. The van der Waals surface area contributed by atoms with E-state index in [9.17, 15) is 19.5 Å². The fraction of sp³-hybridized carbons (Fsp3) is 0.500. The van der Waals surface area contributed by atoms with E-state index in [1.807, 2.05) is 32.0 Å². The van der Waals surface area contributed by atoms with Gasteiger partial charge >= 0.3 is 5.97 Å². The number of aliphatic carboxylic acids is 1. The molecule has 0 aliphatic heterocycles. The number of benzene rings is 1. The predicted octanol–water partition coefficient (Wildman–Crippen LogP) is 2.23. The highest BCUT2D eigenvalue weighted by molar-refractivity contribution is 5.94. The molecule has 0 bridgehead atoms. The molecule has 200 valence electrons. The van der Waals surface area contributed by atoms with Crippen LogP contribution in [0, 0.1) is 5.92 Å². The van der Waals surface area contributed by atoms with Gasteiger partial charge in [-0.2, -0.15) is 0 Å². The van der Waals surface area contributed by atoms with Gasteiger partial charge in [-0.1, -0.05) is 44.5 Å². The van der Waals surface area contributed by atoms with Crippen LogP contribution in [0.1, 0.15) is 85.4 Å². The van der Waals surface area contributed by atoms with Crippen molar-refractivity contribution in [3.05, 3.63) is 53.2 Å². The van der Waals surface area contributed by atoms with E-state index >= 15 is 0 Å². The van der Waals surface area contributed by atoms with Crippen LogP contribution >= 0.6 is 0 Å². The van der Waals surface area contributed by atoms with Gasteiger partial charge in [0.2, 0.25) is 11.8 Å². The SMILES string of the molecule is CCC(C)C(NC(=O)C1CCCc2ccccc21)c1nc(C(=O)NC(CCCN=C(N)N)C(=O)O)co1. The number of aromatic nitrogens is 1. The fourth-order valence-corrected chi connectivity index (χ4v) is 4.49. The molecule has 7 N–H and O–H groups in total. The lowest BCUT2D eigenvalue weighted by Gasteiger charge is -2.28. The number of aryl methyl sites for hydroxylation is 1. The number of carboxylic acids is 1. The van der Waals surface area contributed by atoms with Gasteiger partial charge in [0.05, 0.1) is 5.92 Å². The summed E-state index contributed by atoms with van der Waals surface area (Å²) in [7, 11) is 0. The van der Waals surface area contributed by atoms with Crippen molar-refractivity contribution in [2.24, 2.45) is 22.4 Å². The number of carbonyl (C=O) groups is 3. The number of fused-ring (bicyclic) bond motifs is 1. The van der Waals surface area contributed by atoms with Crippen LogP contribution in [0.25, 0.3) is 0 Å². The Labute approximate surface area is 216 Å². The number of nitrogens with one attached hydrogen (secondary N) is 2. The van der Waals surface area contributed by atoms with Crippen molar-refractivity contribution in [3.8, 4) is 0 Å². The molecule has 2 aromatic rings. The normalized spacial score (nSPS) is 17.1. The molecule has 1 aliphatic rings. The molecule has 1 aliphatic carbocycles. The minimum atomic E-state index is -1.18. The number of carboxylic acid groups (broad SMARTS) is 1. The van der Waals surface area contributed by atoms with Crippen molar-refractivity contribution in [2.45, 2.75) is 70.4 Å². The van der Waals surface area contributed by atoms with Crippen molar-refractivity contribution in [1.29, 1.82) is 0 Å². The second kappa shape index (κ2) is 12.9. The summed E-state index contributed by atoms with van der Waals surface area (Å²) in [5, 5.41) is 15.0. The molecule has 2 amide bonds. The first-order valence-corrected chi connectivity index (χ1v) is 12.6. The molecule has 4 unspecified atom stereocenters. The molecule has 0 spiro atoms. The number of nitrogens with two attached hydrogens (primary N) is 2. The van der Waals surface area contributed by atoms with Crippen LogP contribution in [-0.4, -0.2) is 46.4 Å². The first-order valence-electron chi connectivity index (χ1n) is 12.6. The Bertz CT molecular complexity index is 1130. The van der Waals surface area contributed by atoms with Crippen LogP contribution in [0.4, 0.5) is 0 Å². The van der Waals surface area contributed by atoms with E-state index in [4.69, 9.17) is 15.9 Å². The number of hydrogen-bond acceptors (Lipinski definition) is 6. The van der Waals surface area contributed by atoms with E-state index in [0.29, 0.717) is 6.42 Å². The number of oxazole rings is 1. The lowest BCUT2D eigenvalue weighted by molar-refractivity contribution is -0.139. The number of rotatable bonds is 12. The summed E-state index contributed by atoms with van der Waals surface area (Å²) in [5.41, 5.74) is 12.7. The Morgan fingerprint density at radius 2 is 2.00 bits per heavy atom. The monoisotopic (exact) mass is 512 g/mol. The molecule has 0 saturated heterocycles. The van der Waals surface area contributed by atoms with Gasteiger partial charge in [0.25, 0.3) is 5.91 Å². The average molecular weight is 513 g/mol. The van der Waals surface area contributed by atoms with Gasteiger partial charge < -0.3 is 31.6 Å². The maximum absolute atomic E-state index is 13.3. The zero-order valence-electron chi connectivity index (χ0n) is 21.3. The van der Waals surface area contributed by atoms with Gasteiger partial charge in [-0.25, -0.2) is 9.78 Å². The molecular weight excluding hydrogens is 476 g/mol. The minimum Gasteiger partial charge on any atom is -0.480 e. The van der Waals surface area contributed by atoms with E-state index in [1.54, 1.807) is 0 Å². The van der Waals surface area contributed by atoms with Gasteiger partial charge in [0.15, 0.2) is 11.7 Å². The second-order valence-corrected chi connectivity index (χ2v) is 9.40. The van der Waals surface area contributed by atoms with Crippen LogP contribution in [0.3, 0.4) is 0 Å². The number of aliphatic imine (C=N–C) groups is 1. The van der Waals surface area contributed by atoms with E-state index < -0.39 is 24.0 Å². The summed E-state index contributed by atoms with van der Waals surface area (Å²) in [6, 6.07) is 6.31. The van der Waals surface area contributed by atoms with Gasteiger partial charge in [-0.05, 0) is 49.1 Å². The zero-order valence-corrected chi connectivity index (χ0v) is 21.3. The van der Waals surface area contributed by atoms with E-state index in [2.05, 4.69) is 26.7 Å². The number of carbonyl (C=O) groups excluding carboxylic acids is 2. The summed E-state index contributed by atoms with van der Waals surface area (Å²) < 4.78 is 5.62. The smallest absolute Gasteiger partial charge is 0.326 e. The van der Waals surface area contributed by atoms with Crippen molar-refractivity contribution < 1.29 is 23.9 Å². The third-order valence-electron chi connectivity index (χ3n) is 6.77. The number of hydrogen-bond donors (Lipinski definition) is 5. The summed E-state index contributed by atoms with van der Waals surface area (Å²) in [4.78, 5) is 45.8. The van der Waals surface area contributed by atoms with E-state index in [0.717, 1.165) is 31.2 Å². The van der Waals surface area contributed by atoms with Crippen molar-refractivity contribution >= 4 is 23.7 Å². The maximum Gasteiger partial charge on any atom is 0.326 e. The summed E-state index contributed by atoms with van der Waals surface area (Å²) >= 11 is 0. The highest BCUT2D eigenvalue weighted by Crippen LogP contribution is 2.33. The van der Waals surface area contributed by atoms with E-state index in [-0.39, 0.29) is 48.3 Å². The van der Waals surface area contributed by atoms with Crippen LogP contribution in [0.15, 0.2) is 39.9 Å². The predicted molar refractivity (Wildman–Crippen MR) is 138 cm³/mol. The summed E-state index contributed by atoms with van der Waals surface area (Å²) in [5.74, 6) is -2.12. The zero-order chi connectivity index (χ0) is 26.9. The summed E-state index contributed by atoms with van der Waals surface area (Å²) in [6.07, 6.45) is 5.08. The average Bonchev–Trinajstić information content (AvgIpc) is 3.38. The Morgan fingerprint density at radius 3 is 2.70 bits per heavy atom. The Hall–Kier alpha value is -3.89. The molecule has 11 heteroatoms. The van der Waals surface area contributed by atoms with Crippen LogP contribution in [0.5, 0.6) is 0 Å². The van der Waals surface area contributed by atoms with Gasteiger partial charge in [0.1, 0.15) is 18.3 Å². The van der Waals surface area contributed by atoms with E-state index in [1.165, 1.54) is 11.8 Å². The molecule has 1 aromatic carbocycles. The molecule has 0 saturated carbocycles. The minimum absolute atomic E-state index is 0.0142. The first kappa shape index (κ1) is 27.7. The summed E-state index contributed by atoms with van der Waals surface area (Å²) in [6.45, 7) is 4.22. The molecule has 1 heterocycles. The van der Waals surface area contributed by atoms with Gasteiger partial charge in [-0.3, -0.25) is 14.6 Å². The largest absolute Gasteiger partial charge is 0.480 e. The quantitative estimate of drug-likeness (QED) is 0.163. The van der Waals surface area contributed by atoms with Crippen molar-refractivity contribution in [2.75, 3.05) is 6.54 Å². The second-order valence-electron chi connectivity index (χ2n) is 9.40. The highest BCUT2D eigenvalue weighted by atomic mass is 16.4.